The zero-order valence-electron chi connectivity index (χ0n) is 29.4. The van der Waals surface area contributed by atoms with E-state index in [1.165, 1.54) is 6.07 Å². The van der Waals surface area contributed by atoms with Crippen molar-refractivity contribution in [3.8, 4) is 0 Å². The van der Waals surface area contributed by atoms with Gasteiger partial charge in [0.25, 0.3) is 0 Å². The lowest BCUT2D eigenvalue weighted by Gasteiger charge is -2.46. The summed E-state index contributed by atoms with van der Waals surface area (Å²) in [7, 11) is -3.96. The highest BCUT2D eigenvalue weighted by Crippen LogP contribution is 2.49. The van der Waals surface area contributed by atoms with Crippen molar-refractivity contribution in [2.24, 2.45) is 5.92 Å². The highest BCUT2D eigenvalue weighted by molar-refractivity contribution is 7.89. The van der Waals surface area contributed by atoms with Gasteiger partial charge in [0.1, 0.15) is 11.4 Å². The highest BCUT2D eigenvalue weighted by Gasteiger charge is 2.60. The number of carbonyl (C=O) groups is 2. The first-order valence-corrected chi connectivity index (χ1v) is 19.6. The molecule has 2 unspecified atom stereocenters. The van der Waals surface area contributed by atoms with Crippen LogP contribution in [-0.2, 0) is 30.7 Å². The van der Waals surface area contributed by atoms with Crippen LogP contribution in [0.25, 0.3) is 0 Å². The molecule has 3 aliphatic rings. The predicted molar refractivity (Wildman–Crippen MR) is 195 cm³/mol. The topological polar surface area (TPSA) is 105 Å². The molecule has 0 radical (unpaired) electrons. The van der Waals surface area contributed by atoms with Gasteiger partial charge in [-0.3, -0.25) is 4.79 Å². The van der Waals surface area contributed by atoms with E-state index in [2.05, 4.69) is 5.32 Å². The third kappa shape index (κ3) is 8.76. The number of hydrogen-bond acceptors (Lipinski definition) is 6. The Labute approximate surface area is 305 Å². The summed E-state index contributed by atoms with van der Waals surface area (Å²) in [6.45, 7) is 6.95. The Bertz CT molecular complexity index is 1810. The summed E-state index contributed by atoms with van der Waals surface area (Å²) in [5, 5.41) is 3.60. The minimum Gasteiger partial charge on any atom is -0.444 e. The van der Waals surface area contributed by atoms with Crippen LogP contribution >= 0.6 is 11.6 Å². The number of nitrogens with zero attached hydrogens (tertiary/aromatic N) is 2. The third-order valence-corrected chi connectivity index (χ3v) is 12.5. The van der Waals surface area contributed by atoms with Gasteiger partial charge in [-0.25, -0.2) is 17.6 Å². The van der Waals surface area contributed by atoms with Crippen molar-refractivity contribution in [2.75, 3.05) is 31.6 Å². The molecular formula is C39H47ClFN3O6S. The Hall–Kier alpha value is -3.51. The van der Waals surface area contributed by atoms with E-state index in [1.807, 2.05) is 24.3 Å². The smallest absolute Gasteiger partial charge is 0.410 e. The van der Waals surface area contributed by atoms with Crippen molar-refractivity contribution >= 4 is 39.3 Å². The normalized spacial score (nSPS) is 20.2. The lowest BCUT2D eigenvalue weighted by Crippen LogP contribution is -2.63. The van der Waals surface area contributed by atoms with Gasteiger partial charge < -0.3 is 19.7 Å². The average Bonchev–Trinajstić information content (AvgIpc) is 3.85. The molecule has 2 amide bonds. The van der Waals surface area contributed by atoms with Crippen molar-refractivity contribution in [2.45, 2.75) is 93.7 Å². The van der Waals surface area contributed by atoms with Gasteiger partial charge >= 0.3 is 6.09 Å². The molecule has 3 fully saturated rings. The Morgan fingerprint density at radius 2 is 1.71 bits per heavy atom. The van der Waals surface area contributed by atoms with E-state index in [4.69, 9.17) is 21.1 Å². The molecule has 1 aliphatic carbocycles. The first kappa shape index (κ1) is 37.3. The van der Waals surface area contributed by atoms with Crippen LogP contribution in [-0.4, -0.2) is 73.1 Å². The van der Waals surface area contributed by atoms with Crippen molar-refractivity contribution in [3.63, 3.8) is 0 Å². The monoisotopic (exact) mass is 739 g/mol. The summed E-state index contributed by atoms with van der Waals surface area (Å²) in [5.74, 6) is -0.572. The number of carbonyl (C=O) groups excluding carboxylic acids is 2. The van der Waals surface area contributed by atoms with Crippen LogP contribution in [0.5, 0.6) is 0 Å². The van der Waals surface area contributed by atoms with Gasteiger partial charge in [-0.15, -0.1) is 0 Å². The summed E-state index contributed by atoms with van der Waals surface area (Å²) in [6.07, 6.45) is 2.89. The first-order valence-electron chi connectivity index (χ1n) is 17.7. The number of hydrogen-bond donors (Lipinski definition) is 1. The summed E-state index contributed by atoms with van der Waals surface area (Å²) >= 11 is 6.17. The van der Waals surface area contributed by atoms with Crippen LogP contribution in [0.1, 0.15) is 76.3 Å². The second kappa shape index (κ2) is 15.2. The third-order valence-electron chi connectivity index (χ3n) is 10.2. The maximum absolute atomic E-state index is 15.7. The fraction of sp³-hybridized carbons (Fsp3) is 0.487. The number of halogens is 2. The molecule has 51 heavy (non-hydrogen) atoms. The Morgan fingerprint density at radius 3 is 2.35 bits per heavy atom. The standard InChI is InChI=1S/C39H47ClFN3O6S/c1-38(2,3)50-37(46)43-25-30(44(39(26-43)20-21-39)51(47,48)31-8-5-4-6-9-31)16-17-32-34(41)10-7-11-35(32)42-36(45)24-33(28-18-22-49-23-19-28)27-12-14-29(40)15-13-27/h4-15,28,30,33H,16-26H2,1-3H3,(H,42,45). The summed E-state index contributed by atoms with van der Waals surface area (Å²) in [5.41, 5.74) is 0.147. The quantitative estimate of drug-likeness (QED) is 0.228. The average molecular weight is 740 g/mol. The molecule has 274 valence electrons. The van der Waals surface area contributed by atoms with E-state index in [0.717, 1.165) is 18.4 Å². The number of ether oxygens (including phenoxy) is 2. The van der Waals surface area contributed by atoms with Gasteiger partial charge in [0.05, 0.1) is 10.4 Å². The Kier molecular flexibility index (Phi) is 11.1. The molecule has 0 aromatic heterocycles. The molecule has 1 saturated carbocycles. The number of nitrogens with one attached hydrogen (secondary N) is 1. The Morgan fingerprint density at radius 1 is 1.02 bits per heavy atom. The molecule has 1 spiro atoms. The molecule has 2 atom stereocenters. The zero-order chi connectivity index (χ0) is 36.4. The second-order valence-corrected chi connectivity index (χ2v) is 17.3. The van der Waals surface area contributed by atoms with E-state index in [9.17, 15) is 18.0 Å². The van der Waals surface area contributed by atoms with Gasteiger partial charge in [0.15, 0.2) is 0 Å². The van der Waals surface area contributed by atoms with E-state index in [-0.39, 0.29) is 60.6 Å². The molecule has 3 aromatic rings. The summed E-state index contributed by atoms with van der Waals surface area (Å²) in [4.78, 5) is 28.8. The van der Waals surface area contributed by atoms with Crippen LogP contribution in [0.2, 0.25) is 5.02 Å². The predicted octanol–water partition coefficient (Wildman–Crippen LogP) is 7.79. The molecule has 2 heterocycles. The molecule has 0 bridgehead atoms. The molecular weight excluding hydrogens is 693 g/mol. The number of anilines is 1. The van der Waals surface area contributed by atoms with Gasteiger partial charge in [0, 0.05) is 55.0 Å². The first-order chi connectivity index (χ1) is 24.3. The van der Waals surface area contributed by atoms with E-state index in [1.54, 1.807) is 72.4 Å². The number of sulfonamides is 1. The molecule has 2 saturated heterocycles. The van der Waals surface area contributed by atoms with Gasteiger partial charge in [0.2, 0.25) is 15.9 Å². The van der Waals surface area contributed by atoms with Crippen LogP contribution in [0, 0.1) is 11.7 Å². The Balaban J connectivity index is 1.25. The van der Waals surface area contributed by atoms with Crippen LogP contribution < -0.4 is 5.32 Å². The van der Waals surface area contributed by atoms with E-state index in [0.29, 0.717) is 36.8 Å². The molecule has 1 N–H and O–H groups in total. The number of piperazine rings is 1. The molecule has 12 heteroatoms. The van der Waals surface area contributed by atoms with Crippen LogP contribution in [0.3, 0.4) is 0 Å². The minimum absolute atomic E-state index is 0.0734. The zero-order valence-corrected chi connectivity index (χ0v) is 31.0. The maximum atomic E-state index is 15.7. The van der Waals surface area contributed by atoms with E-state index >= 15 is 4.39 Å². The summed E-state index contributed by atoms with van der Waals surface area (Å²) < 4.78 is 57.1. The number of benzene rings is 3. The fourth-order valence-electron chi connectivity index (χ4n) is 7.59. The van der Waals surface area contributed by atoms with Crippen molar-refractivity contribution in [1.29, 1.82) is 0 Å². The second-order valence-electron chi connectivity index (χ2n) is 15.0. The van der Waals surface area contributed by atoms with Gasteiger partial charge in [-0.2, -0.15) is 4.31 Å². The largest absolute Gasteiger partial charge is 0.444 e. The SMILES string of the molecule is CC(C)(C)OC(=O)N1CC(CCc2c(F)cccc2NC(=O)CC(c2ccc(Cl)cc2)C2CCOCC2)N(S(=O)(=O)c2ccccc2)C2(CC2)C1. The maximum Gasteiger partial charge on any atom is 0.410 e. The minimum atomic E-state index is -3.96. The van der Waals surface area contributed by atoms with Gasteiger partial charge in [-0.05, 0) is 113 Å². The van der Waals surface area contributed by atoms with Crippen molar-refractivity contribution < 1.29 is 31.9 Å². The van der Waals surface area contributed by atoms with Crippen LogP contribution in [0.4, 0.5) is 14.9 Å². The molecule has 2 aliphatic heterocycles. The van der Waals surface area contributed by atoms with Crippen molar-refractivity contribution in [3.05, 3.63) is 94.8 Å². The lowest BCUT2D eigenvalue weighted by atomic mass is 9.79. The van der Waals surface area contributed by atoms with Crippen molar-refractivity contribution in [1.82, 2.24) is 9.21 Å². The number of amides is 2. The van der Waals surface area contributed by atoms with Gasteiger partial charge in [-0.1, -0.05) is 48.0 Å². The summed E-state index contributed by atoms with van der Waals surface area (Å²) in [6, 6.07) is 19.8. The van der Waals surface area contributed by atoms with Crippen LogP contribution in [0.15, 0.2) is 77.7 Å². The molecule has 3 aromatic carbocycles. The molecule has 9 nitrogen and oxygen atoms in total. The fourth-order valence-corrected chi connectivity index (χ4v) is 9.76. The van der Waals surface area contributed by atoms with E-state index < -0.39 is 39.1 Å². The number of rotatable bonds is 10. The molecule has 6 rings (SSSR count). The lowest BCUT2D eigenvalue weighted by molar-refractivity contribution is -0.117. The highest BCUT2D eigenvalue weighted by atomic mass is 35.5.